The normalized spacial score (nSPS) is 10.4. The molecule has 0 radical (unpaired) electrons. The predicted molar refractivity (Wildman–Crippen MR) is 68.0 cm³/mol. The highest BCUT2D eigenvalue weighted by Crippen LogP contribution is 2.25. The summed E-state index contributed by atoms with van der Waals surface area (Å²) in [4.78, 5) is 1.36. The molecule has 0 aliphatic heterocycles. The van der Waals surface area contributed by atoms with Crippen LogP contribution in [0.2, 0.25) is 0 Å². The number of hydrogen-bond acceptors (Lipinski definition) is 2. The van der Waals surface area contributed by atoms with Crippen LogP contribution in [0, 0.1) is 0 Å². The lowest BCUT2D eigenvalue weighted by Gasteiger charge is -1.99. The van der Waals surface area contributed by atoms with Crippen molar-refractivity contribution >= 4 is 39.0 Å². The highest BCUT2D eigenvalue weighted by atomic mass is 79.9. The average molecular weight is 285 g/mol. The first-order valence-electron chi connectivity index (χ1n) is 4.24. The van der Waals surface area contributed by atoms with Gasteiger partial charge in [-0.1, -0.05) is 28.1 Å². The van der Waals surface area contributed by atoms with E-state index in [-0.39, 0.29) is 0 Å². The molecule has 2 aromatic rings. The molecule has 0 saturated heterocycles. The van der Waals surface area contributed by atoms with Crippen LogP contribution >= 0.6 is 39.0 Å². The molecule has 1 aromatic heterocycles. The maximum absolute atomic E-state index is 3.43. The Bertz CT molecular complexity index is 378. The van der Waals surface area contributed by atoms with Gasteiger partial charge in [0.15, 0.2) is 0 Å². The van der Waals surface area contributed by atoms with Crippen molar-refractivity contribution in [2.24, 2.45) is 0 Å². The fraction of sp³-hybridized carbons (Fsp3) is 0.0909. The topological polar surface area (TPSA) is 0 Å². The van der Waals surface area contributed by atoms with Crippen LogP contribution < -0.4 is 0 Å². The van der Waals surface area contributed by atoms with Gasteiger partial charge in [0.2, 0.25) is 0 Å². The number of rotatable bonds is 3. The number of benzene rings is 1. The minimum absolute atomic E-state index is 1.05. The summed E-state index contributed by atoms with van der Waals surface area (Å²) in [5, 5.41) is 4.30. The minimum atomic E-state index is 1.05. The fourth-order valence-electron chi connectivity index (χ4n) is 1.08. The van der Waals surface area contributed by atoms with E-state index in [0.717, 1.165) is 10.2 Å². The molecule has 72 valence electrons. The van der Waals surface area contributed by atoms with Gasteiger partial charge in [-0.15, -0.1) is 11.8 Å². The van der Waals surface area contributed by atoms with Gasteiger partial charge < -0.3 is 0 Å². The molecule has 0 atom stereocenters. The molecule has 0 N–H and O–H groups in total. The number of hydrogen-bond donors (Lipinski definition) is 0. The van der Waals surface area contributed by atoms with Crippen LogP contribution in [0.15, 0.2) is 50.5 Å². The van der Waals surface area contributed by atoms with Gasteiger partial charge in [-0.25, -0.2) is 0 Å². The molecule has 0 amide bonds. The van der Waals surface area contributed by atoms with Crippen molar-refractivity contribution in [2.45, 2.75) is 10.6 Å². The van der Waals surface area contributed by atoms with Crippen LogP contribution in [-0.4, -0.2) is 0 Å². The van der Waals surface area contributed by atoms with E-state index in [4.69, 9.17) is 0 Å². The smallest absolute Gasteiger partial charge is 0.0232 e. The predicted octanol–water partition coefficient (Wildman–Crippen LogP) is 4.80. The highest BCUT2D eigenvalue weighted by molar-refractivity contribution is 9.10. The molecule has 0 aliphatic rings. The average Bonchev–Trinajstić information content (AvgIpc) is 2.70. The van der Waals surface area contributed by atoms with Crippen LogP contribution in [0.5, 0.6) is 0 Å². The van der Waals surface area contributed by atoms with E-state index in [1.165, 1.54) is 10.5 Å². The first-order chi connectivity index (χ1) is 6.84. The second kappa shape index (κ2) is 5.01. The van der Waals surface area contributed by atoms with Crippen molar-refractivity contribution in [3.63, 3.8) is 0 Å². The number of thiophene rings is 1. The molecule has 0 aliphatic carbocycles. The van der Waals surface area contributed by atoms with E-state index in [9.17, 15) is 0 Å². The first kappa shape index (κ1) is 10.3. The third kappa shape index (κ3) is 2.87. The zero-order valence-corrected chi connectivity index (χ0v) is 10.7. The Kier molecular flexibility index (Phi) is 3.67. The quantitative estimate of drug-likeness (QED) is 0.730. The molecule has 0 bridgehead atoms. The second-order valence-electron chi connectivity index (χ2n) is 2.87. The Morgan fingerprint density at radius 1 is 1.14 bits per heavy atom. The molecule has 0 fully saturated rings. The van der Waals surface area contributed by atoms with E-state index in [2.05, 4.69) is 57.0 Å². The summed E-state index contributed by atoms with van der Waals surface area (Å²) in [5.74, 6) is 1.05. The molecule has 1 aromatic carbocycles. The SMILES string of the molecule is Brc1ccc(CSc2ccsc2)cc1. The van der Waals surface area contributed by atoms with Crippen LogP contribution in [0.4, 0.5) is 0 Å². The zero-order valence-electron chi connectivity index (χ0n) is 7.44. The van der Waals surface area contributed by atoms with E-state index in [0.29, 0.717) is 0 Å². The Morgan fingerprint density at radius 2 is 1.93 bits per heavy atom. The van der Waals surface area contributed by atoms with Gasteiger partial charge in [0.05, 0.1) is 0 Å². The van der Waals surface area contributed by atoms with Gasteiger partial charge in [-0.3, -0.25) is 0 Å². The van der Waals surface area contributed by atoms with Crippen molar-refractivity contribution in [3.8, 4) is 0 Å². The van der Waals surface area contributed by atoms with E-state index < -0.39 is 0 Å². The largest absolute Gasteiger partial charge is 0.151 e. The van der Waals surface area contributed by atoms with Gasteiger partial charge in [-0.05, 0) is 29.1 Å². The van der Waals surface area contributed by atoms with E-state index >= 15 is 0 Å². The third-order valence-corrected chi connectivity index (χ3v) is 4.24. The van der Waals surface area contributed by atoms with E-state index in [1.54, 1.807) is 11.3 Å². The molecule has 0 nitrogen and oxygen atoms in total. The lowest BCUT2D eigenvalue weighted by Crippen LogP contribution is -1.78. The number of thioether (sulfide) groups is 1. The standard InChI is InChI=1S/C11H9BrS2/c12-10-3-1-9(2-4-10)7-14-11-5-6-13-8-11/h1-6,8H,7H2. The molecule has 0 saturated carbocycles. The monoisotopic (exact) mass is 284 g/mol. The summed E-state index contributed by atoms with van der Waals surface area (Å²) in [5.41, 5.74) is 1.37. The lowest BCUT2D eigenvalue weighted by atomic mass is 10.2. The van der Waals surface area contributed by atoms with Crippen LogP contribution in [0.3, 0.4) is 0 Å². The summed E-state index contributed by atoms with van der Waals surface area (Å²) in [6.07, 6.45) is 0. The van der Waals surface area contributed by atoms with Crippen molar-refractivity contribution in [1.82, 2.24) is 0 Å². The summed E-state index contributed by atoms with van der Waals surface area (Å²) in [7, 11) is 0. The second-order valence-corrected chi connectivity index (χ2v) is 5.62. The van der Waals surface area contributed by atoms with Crippen molar-refractivity contribution in [3.05, 3.63) is 51.1 Å². The molecule has 0 unspecified atom stereocenters. The summed E-state index contributed by atoms with van der Waals surface area (Å²) < 4.78 is 1.14. The zero-order chi connectivity index (χ0) is 9.80. The maximum atomic E-state index is 3.43. The molecular weight excluding hydrogens is 276 g/mol. The fourth-order valence-corrected chi connectivity index (χ4v) is 3.08. The molecule has 2 rings (SSSR count). The first-order valence-corrected chi connectivity index (χ1v) is 6.96. The molecule has 1 heterocycles. The van der Waals surface area contributed by atoms with Gasteiger partial charge in [0.25, 0.3) is 0 Å². The summed E-state index contributed by atoms with van der Waals surface area (Å²) >= 11 is 7.06. The van der Waals surface area contributed by atoms with Crippen LogP contribution in [0.25, 0.3) is 0 Å². The molecule has 0 spiro atoms. The van der Waals surface area contributed by atoms with Crippen LogP contribution in [0.1, 0.15) is 5.56 Å². The molecule has 14 heavy (non-hydrogen) atoms. The maximum Gasteiger partial charge on any atom is 0.0232 e. The lowest BCUT2D eigenvalue weighted by molar-refractivity contribution is 1.39. The van der Waals surface area contributed by atoms with Crippen LogP contribution in [-0.2, 0) is 5.75 Å². The molecule has 3 heteroatoms. The Labute approximate surface area is 100 Å². The number of halogens is 1. The highest BCUT2D eigenvalue weighted by Gasteiger charge is 1.96. The van der Waals surface area contributed by atoms with Crippen molar-refractivity contribution in [1.29, 1.82) is 0 Å². The van der Waals surface area contributed by atoms with Crippen molar-refractivity contribution < 1.29 is 0 Å². The molecular formula is C11H9BrS2. The Morgan fingerprint density at radius 3 is 2.57 bits per heavy atom. The Hall–Kier alpha value is -0.250. The third-order valence-electron chi connectivity index (χ3n) is 1.81. The Balaban J connectivity index is 1.95. The summed E-state index contributed by atoms with van der Waals surface area (Å²) in [6, 6.07) is 10.6. The van der Waals surface area contributed by atoms with Gasteiger partial charge in [0, 0.05) is 20.5 Å². The summed E-state index contributed by atoms with van der Waals surface area (Å²) in [6.45, 7) is 0. The van der Waals surface area contributed by atoms with Gasteiger partial charge in [-0.2, -0.15) is 11.3 Å². The van der Waals surface area contributed by atoms with E-state index in [1.807, 2.05) is 11.8 Å². The van der Waals surface area contributed by atoms with Gasteiger partial charge >= 0.3 is 0 Å². The van der Waals surface area contributed by atoms with Gasteiger partial charge in [0.1, 0.15) is 0 Å². The van der Waals surface area contributed by atoms with Crippen molar-refractivity contribution in [2.75, 3.05) is 0 Å². The minimum Gasteiger partial charge on any atom is -0.151 e.